The molecule has 3 nitrogen and oxygen atoms in total. The maximum atomic E-state index is 11.8. The summed E-state index contributed by atoms with van der Waals surface area (Å²) in [4.78, 5) is 11.8. The van der Waals surface area contributed by atoms with E-state index < -0.39 is 5.60 Å². The van der Waals surface area contributed by atoms with Crippen LogP contribution in [0.25, 0.3) is 0 Å². The zero-order chi connectivity index (χ0) is 11.2. The molecule has 3 rings (SSSR count). The SMILES string of the molecule is O=C1OC2(CCCNC2)c2cccc(Cl)c21. The highest BCUT2D eigenvalue weighted by Crippen LogP contribution is 2.43. The second-order valence-corrected chi connectivity index (χ2v) is 4.73. The van der Waals surface area contributed by atoms with Crippen molar-refractivity contribution >= 4 is 17.6 Å². The van der Waals surface area contributed by atoms with Crippen LogP contribution < -0.4 is 5.32 Å². The van der Waals surface area contributed by atoms with Crippen molar-refractivity contribution < 1.29 is 9.53 Å². The number of halogens is 1. The third kappa shape index (κ3) is 1.28. The molecule has 0 aromatic heterocycles. The number of esters is 1. The average Bonchev–Trinajstić information content (AvgIpc) is 2.55. The highest BCUT2D eigenvalue weighted by atomic mass is 35.5. The van der Waals surface area contributed by atoms with E-state index in [0.717, 1.165) is 24.9 Å². The Morgan fingerprint density at radius 1 is 1.44 bits per heavy atom. The molecule has 1 atom stereocenters. The first-order valence-corrected chi connectivity index (χ1v) is 5.84. The summed E-state index contributed by atoms with van der Waals surface area (Å²) in [5.41, 5.74) is 1.01. The minimum absolute atomic E-state index is 0.288. The molecule has 1 aromatic rings. The molecule has 2 aliphatic rings. The zero-order valence-corrected chi connectivity index (χ0v) is 9.51. The number of piperidine rings is 1. The largest absolute Gasteiger partial charge is 0.449 e. The third-order valence-corrected chi connectivity index (χ3v) is 3.66. The number of carbonyl (C=O) groups excluding carboxylic acids is 1. The highest BCUT2D eigenvalue weighted by molar-refractivity contribution is 6.34. The Morgan fingerprint density at radius 3 is 3.06 bits per heavy atom. The van der Waals surface area contributed by atoms with Crippen molar-refractivity contribution in [2.75, 3.05) is 13.1 Å². The van der Waals surface area contributed by atoms with Gasteiger partial charge in [0.15, 0.2) is 5.60 Å². The molecular formula is C12H12ClNO2. The Bertz CT molecular complexity index is 452. The molecule has 1 fully saturated rings. The van der Waals surface area contributed by atoms with Gasteiger partial charge in [0.05, 0.1) is 10.6 Å². The van der Waals surface area contributed by atoms with Gasteiger partial charge in [0.1, 0.15) is 0 Å². The molecule has 1 N–H and O–H groups in total. The quantitative estimate of drug-likeness (QED) is 0.703. The van der Waals surface area contributed by atoms with Crippen molar-refractivity contribution in [3.8, 4) is 0 Å². The summed E-state index contributed by atoms with van der Waals surface area (Å²) >= 11 is 6.05. The van der Waals surface area contributed by atoms with Crippen LogP contribution in [0.1, 0.15) is 28.8 Å². The molecule has 0 amide bonds. The van der Waals surface area contributed by atoms with Crippen LogP contribution in [0, 0.1) is 0 Å². The van der Waals surface area contributed by atoms with Gasteiger partial charge in [-0.25, -0.2) is 4.79 Å². The van der Waals surface area contributed by atoms with E-state index in [4.69, 9.17) is 16.3 Å². The predicted molar refractivity (Wildman–Crippen MR) is 60.6 cm³/mol. The van der Waals surface area contributed by atoms with Gasteiger partial charge in [0.25, 0.3) is 0 Å². The first-order chi connectivity index (χ1) is 7.73. The average molecular weight is 238 g/mol. The summed E-state index contributed by atoms with van der Waals surface area (Å²) in [6.07, 6.45) is 1.89. The standard InChI is InChI=1S/C12H12ClNO2/c13-9-4-1-3-8-10(9)11(15)16-12(8)5-2-6-14-7-12/h1,3-4,14H,2,5-7H2. The van der Waals surface area contributed by atoms with E-state index in [0.29, 0.717) is 17.1 Å². The molecule has 84 valence electrons. The first kappa shape index (κ1) is 10.1. The van der Waals surface area contributed by atoms with E-state index in [1.165, 1.54) is 0 Å². The Balaban J connectivity index is 2.14. The summed E-state index contributed by atoms with van der Waals surface area (Å²) in [6, 6.07) is 5.55. The van der Waals surface area contributed by atoms with Crippen molar-refractivity contribution in [3.05, 3.63) is 34.3 Å². The Labute approximate surface area is 98.7 Å². The van der Waals surface area contributed by atoms with Crippen molar-refractivity contribution in [2.45, 2.75) is 18.4 Å². The second-order valence-electron chi connectivity index (χ2n) is 4.33. The van der Waals surface area contributed by atoms with Crippen molar-refractivity contribution in [1.29, 1.82) is 0 Å². The first-order valence-electron chi connectivity index (χ1n) is 5.46. The maximum Gasteiger partial charge on any atom is 0.341 e. The van der Waals surface area contributed by atoms with E-state index in [2.05, 4.69) is 5.32 Å². The normalized spacial score (nSPS) is 27.9. The fourth-order valence-corrected chi connectivity index (χ4v) is 2.84. The minimum Gasteiger partial charge on any atom is -0.449 e. The number of rotatable bonds is 0. The molecule has 16 heavy (non-hydrogen) atoms. The topological polar surface area (TPSA) is 38.3 Å². The van der Waals surface area contributed by atoms with Crippen LogP contribution in [0.15, 0.2) is 18.2 Å². The van der Waals surface area contributed by atoms with Gasteiger partial charge in [-0.15, -0.1) is 0 Å². The van der Waals surface area contributed by atoms with E-state index >= 15 is 0 Å². The number of nitrogens with one attached hydrogen (secondary N) is 1. The van der Waals surface area contributed by atoms with E-state index in [-0.39, 0.29) is 5.97 Å². The van der Waals surface area contributed by atoms with Crippen LogP contribution in [-0.2, 0) is 10.3 Å². The Morgan fingerprint density at radius 2 is 2.31 bits per heavy atom. The summed E-state index contributed by atoms with van der Waals surface area (Å²) in [5, 5.41) is 3.77. The lowest BCUT2D eigenvalue weighted by atomic mass is 9.86. The van der Waals surface area contributed by atoms with Crippen LogP contribution in [0.3, 0.4) is 0 Å². The summed E-state index contributed by atoms with van der Waals surface area (Å²) < 4.78 is 5.56. The number of fused-ring (bicyclic) bond motifs is 2. The van der Waals surface area contributed by atoms with Gasteiger partial charge in [0.2, 0.25) is 0 Å². The molecule has 0 radical (unpaired) electrons. The molecule has 1 spiro atoms. The Kier molecular flexibility index (Phi) is 2.19. The number of carbonyl (C=O) groups is 1. The monoisotopic (exact) mass is 237 g/mol. The van der Waals surface area contributed by atoms with Crippen molar-refractivity contribution in [2.24, 2.45) is 0 Å². The van der Waals surface area contributed by atoms with Gasteiger partial charge in [-0.1, -0.05) is 23.7 Å². The predicted octanol–water partition coefficient (Wildman–Crippen LogP) is 2.09. The highest BCUT2D eigenvalue weighted by Gasteiger charge is 2.46. The van der Waals surface area contributed by atoms with E-state index in [1.807, 2.05) is 12.1 Å². The lowest BCUT2D eigenvalue weighted by Crippen LogP contribution is -2.43. The van der Waals surface area contributed by atoms with Gasteiger partial charge >= 0.3 is 5.97 Å². The fourth-order valence-electron chi connectivity index (χ4n) is 2.59. The molecule has 0 aliphatic carbocycles. The maximum absolute atomic E-state index is 11.8. The summed E-state index contributed by atoms with van der Waals surface area (Å²) in [5.74, 6) is -0.288. The van der Waals surface area contributed by atoms with Gasteiger partial charge in [-0.2, -0.15) is 0 Å². The van der Waals surface area contributed by atoms with Crippen LogP contribution in [-0.4, -0.2) is 19.1 Å². The van der Waals surface area contributed by atoms with Crippen LogP contribution in [0.5, 0.6) is 0 Å². The fraction of sp³-hybridized carbons (Fsp3) is 0.417. The van der Waals surface area contributed by atoms with Gasteiger partial charge in [-0.3, -0.25) is 0 Å². The van der Waals surface area contributed by atoms with Crippen LogP contribution in [0.2, 0.25) is 5.02 Å². The van der Waals surface area contributed by atoms with Crippen molar-refractivity contribution in [3.63, 3.8) is 0 Å². The summed E-state index contributed by atoms with van der Waals surface area (Å²) in [7, 11) is 0. The number of benzene rings is 1. The molecular weight excluding hydrogens is 226 g/mol. The molecule has 1 aromatic carbocycles. The smallest absolute Gasteiger partial charge is 0.341 e. The van der Waals surface area contributed by atoms with Crippen LogP contribution in [0.4, 0.5) is 0 Å². The number of hydrogen-bond acceptors (Lipinski definition) is 3. The van der Waals surface area contributed by atoms with Crippen molar-refractivity contribution in [1.82, 2.24) is 5.32 Å². The molecule has 2 aliphatic heterocycles. The van der Waals surface area contributed by atoms with Gasteiger partial charge in [-0.05, 0) is 25.5 Å². The molecule has 4 heteroatoms. The van der Waals surface area contributed by atoms with E-state index in [9.17, 15) is 4.79 Å². The van der Waals surface area contributed by atoms with Crippen LogP contribution >= 0.6 is 11.6 Å². The lowest BCUT2D eigenvalue weighted by Gasteiger charge is -2.33. The molecule has 1 unspecified atom stereocenters. The zero-order valence-electron chi connectivity index (χ0n) is 8.75. The Hall–Kier alpha value is -1.06. The minimum atomic E-state index is -0.477. The number of hydrogen-bond donors (Lipinski definition) is 1. The molecule has 1 saturated heterocycles. The van der Waals surface area contributed by atoms with E-state index in [1.54, 1.807) is 6.07 Å². The van der Waals surface area contributed by atoms with Gasteiger partial charge in [0, 0.05) is 12.1 Å². The summed E-state index contributed by atoms with van der Waals surface area (Å²) in [6.45, 7) is 1.67. The second kappa shape index (κ2) is 3.47. The molecule has 0 bridgehead atoms. The molecule has 2 heterocycles. The molecule has 0 saturated carbocycles. The third-order valence-electron chi connectivity index (χ3n) is 3.34. The van der Waals surface area contributed by atoms with Gasteiger partial charge < -0.3 is 10.1 Å². The lowest BCUT2D eigenvalue weighted by molar-refractivity contribution is -0.0203. The number of ether oxygens (including phenoxy) is 1.